The Balaban J connectivity index is 1.46. The van der Waals surface area contributed by atoms with Crippen LogP contribution in [0.3, 0.4) is 0 Å². The third kappa shape index (κ3) is 4.22. The Bertz CT molecular complexity index is 1760. The van der Waals surface area contributed by atoms with Gasteiger partial charge >= 0.3 is 0 Å². The second-order valence-electron chi connectivity index (χ2n) is 9.74. The molecule has 1 fully saturated rings. The lowest BCUT2D eigenvalue weighted by Gasteiger charge is -2.44. The molecule has 12 heteroatoms. The minimum absolute atomic E-state index is 0.0559. The first-order valence-electron chi connectivity index (χ1n) is 12.1. The van der Waals surface area contributed by atoms with Gasteiger partial charge in [0.1, 0.15) is 10.7 Å². The van der Waals surface area contributed by atoms with Gasteiger partial charge in [-0.05, 0) is 60.9 Å². The Kier molecular flexibility index (Phi) is 6.26. The quantitative estimate of drug-likeness (QED) is 0.309. The highest BCUT2D eigenvalue weighted by Crippen LogP contribution is 2.47. The fourth-order valence-corrected chi connectivity index (χ4v) is 7.68. The molecule has 39 heavy (non-hydrogen) atoms. The van der Waals surface area contributed by atoms with Crippen molar-refractivity contribution in [3.05, 3.63) is 99.3 Å². The van der Waals surface area contributed by atoms with E-state index in [4.69, 9.17) is 23.2 Å². The number of ketones is 1. The van der Waals surface area contributed by atoms with Crippen LogP contribution in [0.2, 0.25) is 10.0 Å². The van der Waals surface area contributed by atoms with Crippen molar-refractivity contribution in [3.8, 4) is 5.69 Å². The molecule has 8 nitrogen and oxygen atoms in total. The number of nitrogens with zero attached hydrogens (tertiary/aromatic N) is 5. The Morgan fingerprint density at radius 1 is 1.08 bits per heavy atom. The molecular weight excluding hydrogens is 564 g/mol. The zero-order valence-electron chi connectivity index (χ0n) is 20.7. The molecule has 200 valence electrons. The van der Waals surface area contributed by atoms with Crippen molar-refractivity contribution >= 4 is 45.1 Å². The highest BCUT2D eigenvalue weighted by molar-refractivity contribution is 7.89. The lowest BCUT2D eigenvalue weighted by molar-refractivity contribution is 0.0775. The number of hydrogen-bond donors (Lipinski definition) is 0. The maximum atomic E-state index is 14.2. The molecule has 0 bridgehead atoms. The zero-order chi connectivity index (χ0) is 27.5. The topological polar surface area (TPSA) is 90.1 Å². The smallest absolute Gasteiger partial charge is 0.244 e. The Labute approximate surface area is 234 Å². The van der Waals surface area contributed by atoms with Gasteiger partial charge in [-0.3, -0.25) is 9.48 Å². The first-order valence-corrected chi connectivity index (χ1v) is 14.3. The summed E-state index contributed by atoms with van der Waals surface area (Å²) in [6.45, 7) is 0.0675. The fourth-order valence-electron chi connectivity index (χ4n) is 5.45. The molecular formula is C27H22Cl2FN5O3S. The van der Waals surface area contributed by atoms with Gasteiger partial charge in [-0.1, -0.05) is 34.8 Å². The van der Waals surface area contributed by atoms with Crippen LogP contribution in [0.25, 0.3) is 11.8 Å². The number of fused-ring (bicyclic) bond motifs is 2. The van der Waals surface area contributed by atoms with Crippen molar-refractivity contribution in [2.45, 2.75) is 17.7 Å². The van der Waals surface area contributed by atoms with E-state index in [9.17, 15) is 17.6 Å². The van der Waals surface area contributed by atoms with Crippen LogP contribution >= 0.6 is 23.2 Å². The highest BCUT2D eigenvalue weighted by atomic mass is 35.5. The van der Waals surface area contributed by atoms with Crippen LogP contribution in [-0.4, -0.2) is 51.2 Å². The van der Waals surface area contributed by atoms with Crippen molar-refractivity contribution in [1.82, 2.24) is 23.9 Å². The summed E-state index contributed by atoms with van der Waals surface area (Å²) in [5.41, 5.74) is 2.24. The van der Waals surface area contributed by atoms with Crippen LogP contribution in [0.1, 0.15) is 28.0 Å². The first kappa shape index (κ1) is 25.9. The summed E-state index contributed by atoms with van der Waals surface area (Å²) >= 11 is 12.4. The number of aromatic nitrogens is 4. The van der Waals surface area contributed by atoms with Gasteiger partial charge < -0.3 is 0 Å². The molecule has 1 unspecified atom stereocenters. The van der Waals surface area contributed by atoms with E-state index in [1.807, 2.05) is 6.08 Å². The van der Waals surface area contributed by atoms with Gasteiger partial charge in [0, 0.05) is 26.3 Å². The molecule has 4 aromatic rings. The molecule has 1 aliphatic heterocycles. The second kappa shape index (κ2) is 9.41. The van der Waals surface area contributed by atoms with Crippen LogP contribution in [0.15, 0.2) is 71.5 Å². The standard InChI is InChI=1S/C27H22Cl2FN5O3S/c1-33-15-18(14-31-33)26(36)27-12-17-13-32-35(21-7-5-20(30)6-8-21)23(17)11-19(27)9-10-34(16-27)39(37,38)24-4-2-3-22(28)25(24)29/h2-8,11,13-15H,9-10,12,16H2,1H3. The summed E-state index contributed by atoms with van der Waals surface area (Å²) in [6.07, 6.45) is 7.27. The van der Waals surface area contributed by atoms with E-state index in [2.05, 4.69) is 10.2 Å². The summed E-state index contributed by atoms with van der Waals surface area (Å²) < 4.78 is 45.7. The molecule has 2 aromatic carbocycles. The molecule has 2 aromatic heterocycles. The molecule has 1 atom stereocenters. The Hall–Kier alpha value is -3.31. The van der Waals surface area contributed by atoms with E-state index >= 15 is 0 Å². The van der Waals surface area contributed by atoms with Gasteiger partial charge in [0.25, 0.3) is 0 Å². The maximum Gasteiger partial charge on any atom is 0.244 e. The molecule has 0 saturated carbocycles. The van der Waals surface area contributed by atoms with E-state index in [1.54, 1.807) is 36.3 Å². The molecule has 3 heterocycles. The fraction of sp³-hybridized carbons (Fsp3) is 0.222. The third-order valence-corrected chi connectivity index (χ3v) is 10.2. The average molecular weight is 586 g/mol. The van der Waals surface area contributed by atoms with Crippen molar-refractivity contribution in [2.75, 3.05) is 13.1 Å². The summed E-state index contributed by atoms with van der Waals surface area (Å²) in [6, 6.07) is 10.5. The Morgan fingerprint density at radius 2 is 1.85 bits per heavy atom. The van der Waals surface area contributed by atoms with Gasteiger partial charge in [0.15, 0.2) is 5.78 Å². The molecule has 0 N–H and O–H groups in total. The third-order valence-electron chi connectivity index (χ3n) is 7.39. The molecule has 0 radical (unpaired) electrons. The van der Waals surface area contributed by atoms with E-state index < -0.39 is 15.4 Å². The van der Waals surface area contributed by atoms with E-state index in [0.717, 1.165) is 16.8 Å². The normalized spacial score (nSPS) is 19.3. The minimum Gasteiger partial charge on any atom is -0.293 e. The zero-order valence-corrected chi connectivity index (χ0v) is 23.0. The molecule has 6 rings (SSSR count). The number of piperidine rings is 1. The number of Topliss-reactive ketones (excluding diaryl/α,β-unsaturated/α-hetero) is 1. The average Bonchev–Trinajstić information content (AvgIpc) is 3.54. The van der Waals surface area contributed by atoms with E-state index in [1.165, 1.54) is 45.5 Å². The molecule has 0 spiro atoms. The van der Waals surface area contributed by atoms with Gasteiger partial charge in [-0.2, -0.15) is 14.5 Å². The van der Waals surface area contributed by atoms with E-state index in [-0.39, 0.29) is 46.1 Å². The number of aryl methyl sites for hydroxylation is 1. The van der Waals surface area contributed by atoms with Crippen LogP contribution in [-0.2, 0) is 23.5 Å². The minimum atomic E-state index is -4.07. The predicted octanol–water partition coefficient (Wildman–Crippen LogP) is 4.96. The number of hydrogen-bond acceptors (Lipinski definition) is 5. The van der Waals surface area contributed by atoms with Crippen molar-refractivity contribution in [3.63, 3.8) is 0 Å². The summed E-state index contributed by atoms with van der Waals surface area (Å²) in [5, 5.41) is 8.76. The number of benzene rings is 2. The van der Waals surface area contributed by atoms with Gasteiger partial charge in [0.05, 0.1) is 44.8 Å². The molecule has 2 aliphatic rings. The molecule has 1 aliphatic carbocycles. The Morgan fingerprint density at radius 3 is 2.56 bits per heavy atom. The van der Waals surface area contributed by atoms with Crippen molar-refractivity contribution in [2.24, 2.45) is 12.5 Å². The van der Waals surface area contributed by atoms with Crippen LogP contribution in [0, 0.1) is 11.2 Å². The number of carbonyl (C=O) groups excluding carboxylic acids is 1. The number of halogens is 3. The SMILES string of the molecule is Cn1cc(C(=O)C23Cc4cnn(-c5ccc(F)cc5)c4C=C2CCN(S(=O)(=O)c2cccc(Cl)c2Cl)C3)cn1. The van der Waals surface area contributed by atoms with Crippen LogP contribution in [0.5, 0.6) is 0 Å². The summed E-state index contributed by atoms with van der Waals surface area (Å²) in [5.74, 6) is -0.577. The van der Waals surface area contributed by atoms with E-state index in [0.29, 0.717) is 17.7 Å². The lowest BCUT2D eigenvalue weighted by atomic mass is 9.65. The molecule has 0 amide bonds. The van der Waals surface area contributed by atoms with Crippen molar-refractivity contribution in [1.29, 1.82) is 0 Å². The first-order chi connectivity index (χ1) is 18.6. The molecule has 1 saturated heterocycles. The maximum absolute atomic E-state index is 14.2. The second-order valence-corrected chi connectivity index (χ2v) is 12.4. The van der Waals surface area contributed by atoms with Gasteiger partial charge in [-0.25, -0.2) is 17.5 Å². The summed E-state index contributed by atoms with van der Waals surface area (Å²) in [7, 11) is -2.36. The predicted molar refractivity (Wildman–Crippen MR) is 145 cm³/mol. The van der Waals surface area contributed by atoms with Gasteiger partial charge in [0.2, 0.25) is 10.0 Å². The number of carbonyl (C=O) groups is 1. The highest BCUT2D eigenvalue weighted by Gasteiger charge is 2.51. The summed E-state index contributed by atoms with van der Waals surface area (Å²) in [4.78, 5) is 14.1. The van der Waals surface area contributed by atoms with Crippen molar-refractivity contribution < 1.29 is 17.6 Å². The number of rotatable bonds is 5. The van der Waals surface area contributed by atoms with Crippen LogP contribution in [0.4, 0.5) is 4.39 Å². The lowest BCUT2D eigenvalue weighted by Crippen LogP contribution is -2.53. The van der Waals surface area contributed by atoms with Gasteiger partial charge in [-0.15, -0.1) is 0 Å². The van der Waals surface area contributed by atoms with Crippen LogP contribution < -0.4 is 0 Å². The largest absolute Gasteiger partial charge is 0.293 e. The monoisotopic (exact) mass is 585 g/mol. The number of sulfonamides is 1.